The molecule has 0 aromatic rings. The molecule has 0 aromatic carbocycles. The molecule has 4 nitrogen and oxygen atoms in total. The van der Waals surface area contributed by atoms with E-state index in [1.54, 1.807) is 0 Å². The Morgan fingerprint density at radius 2 is 2.06 bits per heavy atom. The van der Waals surface area contributed by atoms with Crippen LogP contribution in [0.2, 0.25) is 0 Å². The SMILES string of the molecule is CCCN1C(=O)N=C(N)C12CCC(C(C)C)CC2. The van der Waals surface area contributed by atoms with Crippen LogP contribution in [0, 0.1) is 11.8 Å². The van der Waals surface area contributed by atoms with Gasteiger partial charge in [-0.25, -0.2) is 4.79 Å². The molecule has 2 N–H and O–H groups in total. The highest BCUT2D eigenvalue weighted by atomic mass is 16.2. The summed E-state index contributed by atoms with van der Waals surface area (Å²) in [7, 11) is 0. The molecule has 102 valence electrons. The van der Waals surface area contributed by atoms with Crippen LogP contribution in [0.3, 0.4) is 0 Å². The number of aliphatic imine (C=N–C) groups is 1. The number of amides is 2. The molecule has 2 rings (SSSR count). The predicted molar refractivity (Wildman–Crippen MR) is 73.5 cm³/mol. The van der Waals surface area contributed by atoms with Crippen molar-refractivity contribution in [3.63, 3.8) is 0 Å². The smallest absolute Gasteiger partial charge is 0.346 e. The number of nitrogens with zero attached hydrogens (tertiary/aromatic N) is 2. The van der Waals surface area contributed by atoms with E-state index in [4.69, 9.17) is 5.73 Å². The summed E-state index contributed by atoms with van der Waals surface area (Å²) in [6.45, 7) is 7.43. The van der Waals surface area contributed by atoms with Gasteiger partial charge in [0.25, 0.3) is 0 Å². The van der Waals surface area contributed by atoms with Gasteiger partial charge in [-0.2, -0.15) is 4.99 Å². The molecular weight excluding hydrogens is 226 g/mol. The third kappa shape index (κ3) is 2.02. The topological polar surface area (TPSA) is 58.7 Å². The molecular formula is C14H25N3O. The normalized spacial score (nSPS) is 32.4. The molecule has 1 fully saturated rings. The molecule has 0 saturated heterocycles. The molecule has 4 heteroatoms. The Kier molecular flexibility index (Phi) is 3.64. The first kappa shape index (κ1) is 13.4. The van der Waals surface area contributed by atoms with E-state index in [9.17, 15) is 4.79 Å². The van der Waals surface area contributed by atoms with Crippen molar-refractivity contribution >= 4 is 11.9 Å². The molecule has 1 heterocycles. The summed E-state index contributed by atoms with van der Waals surface area (Å²) in [5, 5.41) is 0. The number of carbonyl (C=O) groups excluding carboxylic acids is 1. The van der Waals surface area contributed by atoms with E-state index in [0.29, 0.717) is 5.84 Å². The molecule has 1 spiro atoms. The van der Waals surface area contributed by atoms with Crippen molar-refractivity contribution in [3.05, 3.63) is 0 Å². The van der Waals surface area contributed by atoms with Crippen molar-refractivity contribution in [1.29, 1.82) is 0 Å². The zero-order chi connectivity index (χ0) is 13.3. The Balaban J connectivity index is 2.15. The first-order valence-electron chi connectivity index (χ1n) is 7.17. The summed E-state index contributed by atoms with van der Waals surface area (Å²) in [6, 6.07) is -0.127. The van der Waals surface area contributed by atoms with Crippen molar-refractivity contribution < 1.29 is 4.79 Å². The highest BCUT2D eigenvalue weighted by Gasteiger charge is 2.49. The van der Waals surface area contributed by atoms with E-state index >= 15 is 0 Å². The summed E-state index contributed by atoms with van der Waals surface area (Å²) >= 11 is 0. The second-order valence-electron chi connectivity index (χ2n) is 6.04. The zero-order valence-electron chi connectivity index (χ0n) is 11.8. The fraction of sp³-hybridized carbons (Fsp3) is 0.857. The summed E-state index contributed by atoms with van der Waals surface area (Å²) in [5.74, 6) is 2.04. The van der Waals surface area contributed by atoms with E-state index in [2.05, 4.69) is 25.8 Å². The summed E-state index contributed by atoms with van der Waals surface area (Å²) in [4.78, 5) is 17.9. The van der Waals surface area contributed by atoms with Crippen molar-refractivity contribution in [2.24, 2.45) is 22.6 Å². The molecule has 0 atom stereocenters. The summed E-state index contributed by atoms with van der Waals surface area (Å²) in [6.07, 6.45) is 5.24. The van der Waals surface area contributed by atoms with Crippen molar-refractivity contribution in [1.82, 2.24) is 4.90 Å². The Bertz CT molecular complexity index is 354. The Hall–Kier alpha value is -1.06. The third-order valence-corrected chi connectivity index (χ3v) is 4.69. The molecule has 0 unspecified atom stereocenters. The van der Waals surface area contributed by atoms with Gasteiger partial charge in [0, 0.05) is 6.54 Å². The first-order valence-corrected chi connectivity index (χ1v) is 7.17. The molecule has 1 aliphatic carbocycles. The van der Waals surface area contributed by atoms with Gasteiger partial charge in [0.15, 0.2) is 0 Å². The van der Waals surface area contributed by atoms with Crippen LogP contribution < -0.4 is 5.73 Å². The minimum absolute atomic E-state index is 0.127. The number of carbonyl (C=O) groups is 1. The highest BCUT2D eigenvalue weighted by Crippen LogP contribution is 2.42. The minimum atomic E-state index is -0.252. The molecule has 1 saturated carbocycles. The number of urea groups is 1. The van der Waals surface area contributed by atoms with Crippen molar-refractivity contribution in [2.75, 3.05) is 6.54 Å². The Morgan fingerprint density at radius 3 is 2.56 bits per heavy atom. The second kappa shape index (κ2) is 4.90. The Labute approximate surface area is 110 Å². The summed E-state index contributed by atoms with van der Waals surface area (Å²) < 4.78 is 0. The van der Waals surface area contributed by atoms with Crippen LogP contribution in [0.15, 0.2) is 4.99 Å². The van der Waals surface area contributed by atoms with Crippen LogP contribution in [0.1, 0.15) is 52.9 Å². The predicted octanol–water partition coefficient (Wildman–Crippen LogP) is 2.77. The molecule has 0 bridgehead atoms. The van der Waals surface area contributed by atoms with Gasteiger partial charge >= 0.3 is 6.03 Å². The number of nitrogens with two attached hydrogens (primary N) is 1. The van der Waals surface area contributed by atoms with E-state index in [1.807, 2.05) is 4.90 Å². The van der Waals surface area contributed by atoms with Gasteiger partial charge in [-0.15, -0.1) is 0 Å². The lowest BCUT2D eigenvalue weighted by Gasteiger charge is -2.44. The van der Waals surface area contributed by atoms with Gasteiger partial charge in [-0.05, 0) is 43.9 Å². The molecule has 2 aliphatic rings. The Morgan fingerprint density at radius 1 is 1.44 bits per heavy atom. The van der Waals surface area contributed by atoms with Crippen LogP contribution in [0.5, 0.6) is 0 Å². The molecule has 18 heavy (non-hydrogen) atoms. The molecule has 1 aliphatic heterocycles. The molecule has 2 amide bonds. The fourth-order valence-electron chi connectivity index (χ4n) is 3.43. The van der Waals surface area contributed by atoms with Gasteiger partial charge < -0.3 is 10.6 Å². The highest BCUT2D eigenvalue weighted by molar-refractivity contribution is 6.05. The van der Waals surface area contributed by atoms with E-state index in [0.717, 1.165) is 50.5 Å². The average Bonchev–Trinajstić information content (AvgIpc) is 2.55. The van der Waals surface area contributed by atoms with Crippen LogP contribution in [-0.2, 0) is 0 Å². The largest absolute Gasteiger partial charge is 0.385 e. The van der Waals surface area contributed by atoms with Crippen molar-refractivity contribution in [2.45, 2.75) is 58.4 Å². The first-order chi connectivity index (χ1) is 8.51. The van der Waals surface area contributed by atoms with Gasteiger partial charge in [0.05, 0.1) is 0 Å². The van der Waals surface area contributed by atoms with Gasteiger partial charge in [0.2, 0.25) is 0 Å². The number of hydrogen-bond donors (Lipinski definition) is 1. The monoisotopic (exact) mass is 251 g/mol. The second-order valence-corrected chi connectivity index (χ2v) is 6.04. The number of amidine groups is 1. The van der Waals surface area contributed by atoms with Crippen molar-refractivity contribution in [3.8, 4) is 0 Å². The van der Waals surface area contributed by atoms with Crippen LogP contribution in [0.25, 0.3) is 0 Å². The van der Waals surface area contributed by atoms with E-state index in [1.165, 1.54) is 0 Å². The minimum Gasteiger partial charge on any atom is -0.385 e. The van der Waals surface area contributed by atoms with E-state index < -0.39 is 0 Å². The third-order valence-electron chi connectivity index (χ3n) is 4.69. The summed E-state index contributed by atoms with van der Waals surface area (Å²) in [5.41, 5.74) is 5.81. The lowest BCUT2D eigenvalue weighted by Crippen LogP contribution is -2.56. The maximum atomic E-state index is 11.9. The average molecular weight is 251 g/mol. The van der Waals surface area contributed by atoms with Crippen LogP contribution >= 0.6 is 0 Å². The van der Waals surface area contributed by atoms with Gasteiger partial charge in [-0.1, -0.05) is 20.8 Å². The number of hydrogen-bond acceptors (Lipinski definition) is 2. The standard InChI is InChI=1S/C14H25N3O/c1-4-9-17-13(18)16-12(15)14(17)7-5-11(6-8-14)10(2)3/h10-11H,4-9H2,1-3H3,(H2,15,16,18). The maximum Gasteiger partial charge on any atom is 0.346 e. The molecule has 0 radical (unpaired) electrons. The lowest BCUT2D eigenvalue weighted by molar-refractivity contribution is 0.114. The van der Waals surface area contributed by atoms with Crippen LogP contribution in [-0.4, -0.2) is 28.9 Å². The van der Waals surface area contributed by atoms with Gasteiger partial charge in [-0.3, -0.25) is 0 Å². The van der Waals surface area contributed by atoms with E-state index in [-0.39, 0.29) is 11.6 Å². The number of rotatable bonds is 3. The lowest BCUT2D eigenvalue weighted by atomic mass is 9.72. The fourth-order valence-corrected chi connectivity index (χ4v) is 3.43. The van der Waals surface area contributed by atoms with Crippen LogP contribution in [0.4, 0.5) is 4.79 Å². The maximum absolute atomic E-state index is 11.9. The molecule has 0 aromatic heterocycles. The quantitative estimate of drug-likeness (QED) is 0.838. The van der Waals surface area contributed by atoms with Gasteiger partial charge in [0.1, 0.15) is 11.4 Å². The zero-order valence-corrected chi connectivity index (χ0v) is 11.8.